The minimum Gasteiger partial charge on any atom is -0.485 e. The molecule has 2 aliphatic heterocycles. The first kappa shape index (κ1) is 27.2. The lowest BCUT2D eigenvalue weighted by molar-refractivity contribution is -0.000135. The number of nitriles is 1. The maximum Gasteiger partial charge on any atom is 0.293 e. The molecule has 206 valence electrons. The largest absolute Gasteiger partial charge is 0.485 e. The van der Waals surface area contributed by atoms with Gasteiger partial charge in [-0.2, -0.15) is 5.26 Å². The van der Waals surface area contributed by atoms with Crippen molar-refractivity contribution in [1.82, 2.24) is 14.9 Å². The summed E-state index contributed by atoms with van der Waals surface area (Å²) in [5, 5.41) is 17.3. The molecular formula is C28H32ClFN6O3. The predicted octanol–water partition coefficient (Wildman–Crippen LogP) is 4.00. The van der Waals surface area contributed by atoms with Gasteiger partial charge in [-0.05, 0) is 30.3 Å². The van der Waals surface area contributed by atoms with Gasteiger partial charge in [-0.1, -0.05) is 25.4 Å². The lowest BCUT2D eigenvalue weighted by Gasteiger charge is -2.38. The van der Waals surface area contributed by atoms with Gasteiger partial charge in [-0.25, -0.2) is 9.37 Å². The molecule has 0 aliphatic carbocycles. The Morgan fingerprint density at radius 3 is 2.74 bits per heavy atom. The fourth-order valence-electron chi connectivity index (χ4n) is 5.28. The summed E-state index contributed by atoms with van der Waals surface area (Å²) in [7, 11) is 1.71. The second-order valence-corrected chi connectivity index (χ2v) is 10.8. The number of ether oxygens (including phenoxy) is 2. The molecule has 39 heavy (non-hydrogen) atoms. The number of fused-ring (bicyclic) bond motifs is 1. The van der Waals surface area contributed by atoms with Crippen LogP contribution in [0.2, 0.25) is 5.02 Å². The van der Waals surface area contributed by atoms with E-state index in [-0.39, 0.29) is 35.9 Å². The van der Waals surface area contributed by atoms with Crippen LogP contribution in [0.4, 0.5) is 21.7 Å². The summed E-state index contributed by atoms with van der Waals surface area (Å²) >= 11 is 6.52. The van der Waals surface area contributed by atoms with Crippen molar-refractivity contribution >= 4 is 39.8 Å². The van der Waals surface area contributed by atoms with Gasteiger partial charge >= 0.3 is 0 Å². The molecule has 3 aromatic rings. The van der Waals surface area contributed by atoms with Crippen molar-refractivity contribution in [2.45, 2.75) is 26.1 Å². The van der Waals surface area contributed by atoms with Gasteiger partial charge in [0, 0.05) is 56.1 Å². The van der Waals surface area contributed by atoms with Crippen molar-refractivity contribution < 1.29 is 13.9 Å². The van der Waals surface area contributed by atoms with Crippen LogP contribution in [0.3, 0.4) is 0 Å². The molecule has 11 heteroatoms. The Labute approximate surface area is 231 Å². The van der Waals surface area contributed by atoms with Crippen LogP contribution in [-0.2, 0) is 11.8 Å². The van der Waals surface area contributed by atoms with Gasteiger partial charge in [0.05, 0.1) is 22.7 Å². The van der Waals surface area contributed by atoms with Crippen LogP contribution >= 0.6 is 11.6 Å². The quantitative estimate of drug-likeness (QED) is 0.471. The highest BCUT2D eigenvalue weighted by atomic mass is 35.5. The van der Waals surface area contributed by atoms with Gasteiger partial charge in [0.15, 0.2) is 11.6 Å². The zero-order chi connectivity index (χ0) is 27.7. The van der Waals surface area contributed by atoms with Gasteiger partial charge in [0.2, 0.25) is 0 Å². The molecule has 4 heterocycles. The van der Waals surface area contributed by atoms with Gasteiger partial charge in [-0.3, -0.25) is 4.79 Å². The van der Waals surface area contributed by atoms with Crippen LogP contribution < -0.4 is 25.8 Å². The van der Waals surface area contributed by atoms with E-state index in [0.29, 0.717) is 54.2 Å². The first-order chi connectivity index (χ1) is 18.7. The van der Waals surface area contributed by atoms with E-state index >= 15 is 0 Å². The molecule has 0 saturated carbocycles. The summed E-state index contributed by atoms with van der Waals surface area (Å²) in [5.41, 5.74) is 1.55. The number of nitrogens with one attached hydrogen (secondary N) is 2. The highest BCUT2D eigenvalue weighted by molar-refractivity contribution is 6.33. The molecule has 2 N–H and O–H groups in total. The number of piperidine rings is 1. The number of alkyl halides is 1. The molecule has 2 aliphatic rings. The third kappa shape index (κ3) is 5.66. The Hall–Kier alpha value is -3.39. The number of halogens is 2. The number of nitrogens with zero attached hydrogens (tertiary/aromatic N) is 4. The lowest BCUT2D eigenvalue weighted by Crippen LogP contribution is -2.46. The molecular weight excluding hydrogens is 523 g/mol. The van der Waals surface area contributed by atoms with Crippen LogP contribution in [0.1, 0.15) is 19.4 Å². The number of morpholine rings is 1. The van der Waals surface area contributed by atoms with Crippen molar-refractivity contribution in [3.8, 4) is 11.8 Å². The number of hydrogen-bond donors (Lipinski definition) is 2. The predicted molar refractivity (Wildman–Crippen MR) is 150 cm³/mol. The monoisotopic (exact) mass is 554 g/mol. The molecule has 9 nitrogen and oxygen atoms in total. The van der Waals surface area contributed by atoms with Crippen molar-refractivity contribution in [1.29, 1.82) is 5.26 Å². The number of rotatable bonds is 6. The molecule has 2 aromatic heterocycles. The maximum absolute atomic E-state index is 14.4. The van der Waals surface area contributed by atoms with Crippen molar-refractivity contribution in [3.05, 3.63) is 51.3 Å². The van der Waals surface area contributed by atoms with E-state index in [4.69, 9.17) is 26.1 Å². The number of hydrogen-bond acceptors (Lipinski definition) is 8. The molecule has 1 aromatic carbocycles. The lowest BCUT2D eigenvalue weighted by atomic mass is 9.89. The molecule has 2 fully saturated rings. The van der Waals surface area contributed by atoms with Crippen molar-refractivity contribution in [3.63, 3.8) is 0 Å². The highest BCUT2D eigenvalue weighted by Crippen LogP contribution is 2.34. The number of benzene rings is 1. The van der Waals surface area contributed by atoms with Gasteiger partial charge < -0.3 is 29.6 Å². The van der Waals surface area contributed by atoms with Gasteiger partial charge in [0.25, 0.3) is 5.56 Å². The third-order valence-corrected chi connectivity index (χ3v) is 7.65. The van der Waals surface area contributed by atoms with Gasteiger partial charge in [-0.15, -0.1) is 0 Å². The van der Waals surface area contributed by atoms with Crippen LogP contribution in [0.15, 0.2) is 35.1 Å². The smallest absolute Gasteiger partial charge is 0.293 e. The average molecular weight is 555 g/mol. The van der Waals surface area contributed by atoms with E-state index in [0.717, 1.165) is 17.4 Å². The second-order valence-electron chi connectivity index (χ2n) is 10.4. The number of aromatic nitrogens is 2. The highest BCUT2D eigenvalue weighted by Gasteiger charge is 2.33. The zero-order valence-electron chi connectivity index (χ0n) is 22.2. The van der Waals surface area contributed by atoms with E-state index in [2.05, 4.69) is 16.7 Å². The van der Waals surface area contributed by atoms with Crippen molar-refractivity contribution in [2.24, 2.45) is 18.9 Å². The van der Waals surface area contributed by atoms with E-state index < -0.39 is 6.17 Å². The fourth-order valence-corrected chi connectivity index (χ4v) is 5.47. The normalized spacial score (nSPS) is 23.4. The summed E-state index contributed by atoms with van der Waals surface area (Å²) in [6, 6.07) is 11.0. The molecule has 5 rings (SSSR count). The molecule has 0 radical (unpaired) electrons. The van der Waals surface area contributed by atoms with E-state index in [1.54, 1.807) is 23.7 Å². The second kappa shape index (κ2) is 11.4. The Balaban J connectivity index is 1.43. The molecule has 0 amide bonds. The average Bonchev–Trinajstić information content (AvgIpc) is 2.94. The Bertz CT molecular complexity index is 1460. The van der Waals surface area contributed by atoms with E-state index in [1.165, 1.54) is 0 Å². The Kier molecular flexibility index (Phi) is 7.93. The molecule has 0 spiro atoms. The zero-order valence-corrected chi connectivity index (χ0v) is 23.0. The van der Waals surface area contributed by atoms with Crippen LogP contribution in [0.25, 0.3) is 10.9 Å². The van der Waals surface area contributed by atoms with Crippen LogP contribution in [-0.4, -0.2) is 61.2 Å². The Morgan fingerprint density at radius 2 is 2.05 bits per heavy atom. The molecule has 0 bridgehead atoms. The van der Waals surface area contributed by atoms with Gasteiger partial charge in [0.1, 0.15) is 30.8 Å². The maximum atomic E-state index is 14.4. The first-order valence-electron chi connectivity index (χ1n) is 13.1. The number of aryl methyl sites for hydroxylation is 1. The molecule has 2 saturated heterocycles. The fraction of sp³-hybridized carbons (Fsp3) is 0.464. The summed E-state index contributed by atoms with van der Waals surface area (Å²) in [4.78, 5) is 19.5. The third-order valence-electron chi connectivity index (χ3n) is 7.36. The Morgan fingerprint density at radius 1 is 1.28 bits per heavy atom. The molecule has 4 atom stereocenters. The summed E-state index contributed by atoms with van der Waals surface area (Å²) in [6.07, 6.45) is -1.02. The van der Waals surface area contributed by atoms with E-state index in [9.17, 15) is 14.4 Å². The topological polar surface area (TPSA) is 104 Å². The minimum absolute atomic E-state index is 0.118. The summed E-state index contributed by atoms with van der Waals surface area (Å²) < 4.78 is 27.5. The van der Waals surface area contributed by atoms with E-state index in [1.807, 2.05) is 36.9 Å². The summed E-state index contributed by atoms with van der Waals surface area (Å²) in [6.45, 7) is 7.02. The number of pyridine rings is 2. The number of anilines is 3. The SMILES string of the molecule is C[C@@H]1CN(c2nc(Nc3ccc4c(c3)cc(OC[C@@H]3CNCCO3)c(=O)n4C)c(Cl)cc2C#N)C[C@H](C)C1F. The molecule has 1 unspecified atom stereocenters. The van der Waals surface area contributed by atoms with Crippen LogP contribution in [0, 0.1) is 23.2 Å². The minimum atomic E-state index is -0.897. The standard InChI is InChI=1S/C28H32ClFN6O3/c1-16-13-36(14-17(2)25(16)30)27-19(11-31)9-22(29)26(34-27)33-20-4-5-23-18(8-20)10-24(28(37)35(23)3)39-15-21-12-32-6-7-38-21/h4-5,8-10,16-17,21,25,32H,6-7,12-15H2,1-3H3,(H,33,34)/t16-,17+,21-,25?/m0/s1. The van der Waals surface area contributed by atoms with Crippen LogP contribution in [0.5, 0.6) is 5.75 Å². The van der Waals surface area contributed by atoms with Crippen molar-refractivity contribution in [2.75, 3.05) is 49.6 Å². The summed E-state index contributed by atoms with van der Waals surface area (Å²) in [5.74, 6) is 0.745. The first-order valence-corrected chi connectivity index (χ1v) is 13.5.